The summed E-state index contributed by atoms with van der Waals surface area (Å²) in [6, 6.07) is 13.2. The fraction of sp³-hybridized carbons (Fsp3) is 0.412. The van der Waals surface area contributed by atoms with E-state index in [0.29, 0.717) is 107 Å². The van der Waals surface area contributed by atoms with Gasteiger partial charge in [-0.05, 0) is 69.5 Å². The Hall–Kier alpha value is -6.04. The highest BCUT2D eigenvalue weighted by Crippen LogP contribution is 2.42. The van der Waals surface area contributed by atoms with Crippen LogP contribution in [0.15, 0.2) is 58.5 Å². The Kier molecular flexibility index (Phi) is 18.3. The molecule has 2 aromatic carbocycles. The van der Waals surface area contributed by atoms with Crippen LogP contribution in [0.4, 0.5) is 0 Å². The summed E-state index contributed by atoms with van der Waals surface area (Å²) in [7, 11) is 2.67. The van der Waals surface area contributed by atoms with Crippen molar-refractivity contribution in [3.8, 4) is 10.0 Å². The number of hydrogen-bond donors (Lipinski definition) is 1. The lowest BCUT2D eigenvalue weighted by molar-refractivity contribution is -0.142. The number of amides is 1. The lowest BCUT2D eigenvalue weighted by atomic mass is 9.98. The van der Waals surface area contributed by atoms with Gasteiger partial charge in [-0.25, -0.2) is 0 Å². The third kappa shape index (κ3) is 12.2. The minimum Gasteiger partial charge on any atom is -0.469 e. The van der Waals surface area contributed by atoms with E-state index in [1.807, 2.05) is 61.1 Å². The van der Waals surface area contributed by atoms with Gasteiger partial charge >= 0.3 is 11.9 Å². The van der Waals surface area contributed by atoms with Crippen molar-refractivity contribution in [3.63, 3.8) is 0 Å². The maximum absolute atomic E-state index is 13.7. The summed E-state index contributed by atoms with van der Waals surface area (Å²) in [5.74, 6) is 1.03. The molecule has 0 saturated carbocycles. The summed E-state index contributed by atoms with van der Waals surface area (Å²) in [5, 5.41) is 23.0. The van der Waals surface area contributed by atoms with Crippen LogP contribution in [-0.2, 0) is 38.0 Å². The van der Waals surface area contributed by atoms with Gasteiger partial charge in [0.2, 0.25) is 0 Å². The summed E-state index contributed by atoms with van der Waals surface area (Å²) in [4.78, 5) is 63.6. The quantitative estimate of drug-likeness (QED) is 0.0346. The highest BCUT2D eigenvalue weighted by atomic mass is 35.5. The first-order valence-electron chi connectivity index (χ1n) is 23.8. The number of benzene rings is 2. The van der Waals surface area contributed by atoms with Crippen LogP contribution in [0.25, 0.3) is 10.0 Å². The number of ketones is 1. The minimum atomic E-state index is -0.675. The summed E-state index contributed by atoms with van der Waals surface area (Å²) in [5.41, 5.74) is 5.82. The van der Waals surface area contributed by atoms with E-state index in [9.17, 15) is 19.2 Å². The highest BCUT2D eigenvalue weighted by molar-refractivity contribution is 7.17. The van der Waals surface area contributed by atoms with Crippen molar-refractivity contribution in [1.82, 2.24) is 34.8 Å². The van der Waals surface area contributed by atoms with Gasteiger partial charge in [-0.3, -0.25) is 38.3 Å². The fourth-order valence-corrected chi connectivity index (χ4v) is 11.4. The number of thiophene rings is 2. The molecule has 2 aliphatic heterocycles. The van der Waals surface area contributed by atoms with Gasteiger partial charge in [0.15, 0.2) is 17.4 Å². The lowest BCUT2D eigenvalue weighted by Gasteiger charge is -2.12. The number of rotatable bonds is 24. The summed E-state index contributed by atoms with van der Waals surface area (Å²) in [6.07, 6.45) is 0.729. The second-order valence-corrected chi connectivity index (χ2v) is 20.0. The molecule has 23 heteroatoms. The molecule has 4 aromatic heterocycles. The number of methoxy groups -OCH3 is 2. The van der Waals surface area contributed by atoms with Gasteiger partial charge in [0.05, 0.1) is 94.5 Å². The molecule has 2 aliphatic rings. The van der Waals surface area contributed by atoms with Crippen LogP contribution in [0.5, 0.6) is 0 Å². The summed E-state index contributed by atoms with van der Waals surface area (Å²) < 4.78 is 36.5. The molecular weight excluding hydrogens is 1030 g/mol. The van der Waals surface area contributed by atoms with Gasteiger partial charge in [-0.2, -0.15) is 0 Å². The van der Waals surface area contributed by atoms with Crippen molar-refractivity contribution in [3.05, 3.63) is 125 Å². The number of aryl methyl sites for hydroxylation is 2. The first-order valence-corrected chi connectivity index (χ1v) is 26.2. The van der Waals surface area contributed by atoms with E-state index in [4.69, 9.17) is 61.6 Å². The maximum atomic E-state index is 13.7. The molecule has 0 radical (unpaired) electrons. The number of aromatic nitrogens is 6. The number of nitrogens with one attached hydrogen (secondary N) is 1. The van der Waals surface area contributed by atoms with Crippen LogP contribution in [0.3, 0.4) is 0 Å². The average molecular weight is 1090 g/mol. The topological polar surface area (TPSA) is 222 Å². The molecule has 0 aliphatic carbocycles. The van der Waals surface area contributed by atoms with Gasteiger partial charge in [-0.1, -0.05) is 47.5 Å². The van der Waals surface area contributed by atoms with Crippen molar-refractivity contribution in [2.45, 2.75) is 65.5 Å². The Morgan fingerprint density at radius 3 is 1.46 bits per heavy atom. The van der Waals surface area contributed by atoms with E-state index in [0.717, 1.165) is 43.4 Å². The van der Waals surface area contributed by atoms with Gasteiger partial charge in [-0.15, -0.1) is 43.1 Å². The fourth-order valence-electron chi connectivity index (χ4n) is 8.54. The Balaban J connectivity index is 0.740. The normalized spacial score (nSPS) is 14.7. The maximum Gasteiger partial charge on any atom is 0.308 e. The Bertz CT molecular complexity index is 2870. The predicted octanol–water partition coefficient (Wildman–Crippen LogP) is 7.88. The molecule has 1 N–H and O–H groups in total. The van der Waals surface area contributed by atoms with Gasteiger partial charge in [0, 0.05) is 51.9 Å². The third-order valence-corrected chi connectivity index (χ3v) is 15.3. The largest absolute Gasteiger partial charge is 0.469 e. The van der Waals surface area contributed by atoms with E-state index in [-0.39, 0.29) is 44.1 Å². The van der Waals surface area contributed by atoms with Crippen LogP contribution in [0.2, 0.25) is 10.0 Å². The number of hydrogen-bond acceptors (Lipinski definition) is 18. The SMILES string of the molecule is COC(=O)CC1N=C(c2ccc(Cl)cc2)c2c(sc(C(=O)CCCOCCOCCOCCOCCNC(=O)c3sc4c(c3C)C(c3ccc(Cl)cc3)=NC(CC(=O)OC)c3nnc(C)n3-4)c2C)-n2c(C)nnc21. The van der Waals surface area contributed by atoms with E-state index in [1.54, 1.807) is 24.3 Å². The Labute approximate surface area is 445 Å². The number of Topliss-reactive ketones (excluding diaryl/α,β-unsaturated/α-hetero) is 1. The van der Waals surface area contributed by atoms with Crippen LogP contribution in [0.1, 0.15) is 114 Å². The number of fused-ring (bicyclic) bond motifs is 6. The van der Waals surface area contributed by atoms with E-state index in [2.05, 4.69) is 25.7 Å². The lowest BCUT2D eigenvalue weighted by Crippen LogP contribution is -2.27. The molecule has 0 fully saturated rings. The van der Waals surface area contributed by atoms with Crippen molar-refractivity contribution < 1.29 is 47.6 Å². The number of aliphatic imine (C=N–C) groups is 2. The number of carbonyl (C=O) groups excluding carboxylic acids is 4. The van der Waals surface area contributed by atoms with Crippen LogP contribution in [0, 0.1) is 27.7 Å². The second-order valence-electron chi connectivity index (χ2n) is 17.1. The summed E-state index contributed by atoms with van der Waals surface area (Å²) >= 11 is 15.1. The molecule has 6 heterocycles. The summed E-state index contributed by atoms with van der Waals surface area (Å²) in [6.45, 7) is 10.5. The first-order chi connectivity index (χ1) is 35.8. The first kappa shape index (κ1) is 54.2. The predicted molar refractivity (Wildman–Crippen MR) is 280 cm³/mol. The van der Waals surface area contributed by atoms with Crippen molar-refractivity contribution in [2.75, 3.05) is 73.6 Å². The smallest absolute Gasteiger partial charge is 0.308 e. The zero-order chi connectivity index (χ0) is 52.5. The number of halogens is 2. The van der Waals surface area contributed by atoms with Crippen molar-refractivity contribution >= 4 is 80.9 Å². The van der Waals surface area contributed by atoms with E-state index >= 15 is 0 Å². The number of ether oxygens (including phenoxy) is 6. The Morgan fingerprint density at radius 2 is 1.00 bits per heavy atom. The molecule has 1 amide bonds. The molecule has 74 heavy (non-hydrogen) atoms. The molecule has 0 bridgehead atoms. The van der Waals surface area contributed by atoms with E-state index in [1.165, 1.54) is 36.9 Å². The minimum absolute atomic E-state index is 0.0139. The van der Waals surface area contributed by atoms with Gasteiger partial charge in [0.25, 0.3) is 5.91 Å². The molecule has 2 unspecified atom stereocenters. The molecule has 2 atom stereocenters. The zero-order valence-corrected chi connectivity index (χ0v) is 44.8. The standard InChI is InChI=1S/C51H55Cl2N9O10S2/c1-28-41-43(32-9-13-34(52)14-10-32)55-36(26-39(64)67-5)47-59-57-30(3)61(47)50(41)73-45(28)38(63)8-7-18-69-20-22-71-24-25-72-23-21-70-19-17-54-49(66)46-29(2)42-44(33-11-15-35(53)16-12-33)56-37(27-40(65)68-6)48-60-58-31(4)62(48)51(42)74-46/h9-16,36-37H,7-8,17-27H2,1-6H3,(H,54,66). The van der Waals surface area contributed by atoms with Crippen LogP contribution in [-0.4, -0.2) is 138 Å². The third-order valence-electron chi connectivity index (χ3n) is 12.2. The highest BCUT2D eigenvalue weighted by Gasteiger charge is 2.36. The zero-order valence-electron chi connectivity index (χ0n) is 41.7. The molecule has 19 nitrogen and oxygen atoms in total. The average Bonchev–Trinajstić information content (AvgIpc) is 4.13. The number of nitrogens with zero attached hydrogens (tertiary/aromatic N) is 8. The van der Waals surface area contributed by atoms with Crippen molar-refractivity contribution in [2.24, 2.45) is 9.98 Å². The number of carbonyl (C=O) groups is 4. The molecule has 8 rings (SSSR count). The van der Waals surface area contributed by atoms with Crippen LogP contribution < -0.4 is 5.32 Å². The monoisotopic (exact) mass is 1090 g/mol. The second kappa shape index (κ2) is 25.0. The van der Waals surface area contributed by atoms with E-state index < -0.39 is 24.0 Å². The number of esters is 2. The van der Waals surface area contributed by atoms with Crippen LogP contribution >= 0.6 is 45.9 Å². The molecular formula is C51H55Cl2N9O10S2. The van der Waals surface area contributed by atoms with Crippen molar-refractivity contribution in [1.29, 1.82) is 0 Å². The molecule has 390 valence electrons. The van der Waals surface area contributed by atoms with Gasteiger partial charge < -0.3 is 33.7 Å². The van der Waals surface area contributed by atoms with Gasteiger partial charge in [0.1, 0.15) is 33.7 Å². The molecule has 6 aromatic rings. The molecule has 0 spiro atoms. The Morgan fingerprint density at radius 1 is 0.581 bits per heavy atom. The molecule has 0 saturated heterocycles.